The van der Waals surface area contributed by atoms with Gasteiger partial charge in [-0.3, -0.25) is 24.1 Å². The highest BCUT2D eigenvalue weighted by Gasteiger charge is 2.60. The van der Waals surface area contributed by atoms with Crippen molar-refractivity contribution in [2.24, 2.45) is 17.6 Å². The number of likely N-dealkylation sites (tertiary alicyclic amines) is 1. The second-order valence-electron chi connectivity index (χ2n) is 11.1. The molecule has 0 spiro atoms. The molecule has 1 aromatic carbocycles. The summed E-state index contributed by atoms with van der Waals surface area (Å²) < 4.78 is 15.9. The van der Waals surface area contributed by atoms with Crippen LogP contribution >= 0.6 is 0 Å². The molecule has 11 nitrogen and oxygen atoms in total. The summed E-state index contributed by atoms with van der Waals surface area (Å²) in [4.78, 5) is 54.8. The molecule has 12 heteroatoms. The number of rotatable bonds is 3. The van der Waals surface area contributed by atoms with Gasteiger partial charge in [0, 0.05) is 41.1 Å². The molecular formula is C27H28FN3O8. The third kappa shape index (κ3) is 3.47. The predicted octanol–water partition coefficient (Wildman–Crippen LogP) is 0.658. The van der Waals surface area contributed by atoms with Crippen molar-refractivity contribution in [3.8, 4) is 5.75 Å². The van der Waals surface area contributed by atoms with Gasteiger partial charge in [0.05, 0.1) is 18.7 Å². The standard InChI is InChI=1S/C27H28FN3O8/c28-21-13-6-11-5-12-7-16(32)20(26(29)38)25(37)27(12,39)24(36)18(11)23(35)19(13)22(34)15-9-31(8-14(15)21)17(33)10-30-3-1-2-4-30/h11-12,32,34,36,39H,1-10H2,(H2,29,38)/t11?,12-,27-/m0/s1. The third-order valence-electron chi connectivity index (χ3n) is 8.98. The van der Waals surface area contributed by atoms with E-state index in [9.17, 15) is 39.6 Å². The summed E-state index contributed by atoms with van der Waals surface area (Å²) in [5.41, 5.74) is 1.13. The highest BCUT2D eigenvalue weighted by molar-refractivity contribution is 6.24. The molecule has 2 heterocycles. The number of halogens is 1. The average molecular weight is 542 g/mol. The first-order chi connectivity index (χ1) is 18.4. The molecule has 206 valence electrons. The van der Waals surface area contributed by atoms with Gasteiger partial charge in [0.2, 0.25) is 11.7 Å². The van der Waals surface area contributed by atoms with Crippen molar-refractivity contribution in [2.75, 3.05) is 19.6 Å². The first kappa shape index (κ1) is 25.5. The van der Waals surface area contributed by atoms with Crippen LogP contribution in [0.5, 0.6) is 5.75 Å². The lowest BCUT2D eigenvalue weighted by Crippen LogP contribution is -2.57. The van der Waals surface area contributed by atoms with Crippen LogP contribution in [0.4, 0.5) is 4.39 Å². The number of primary amides is 1. The van der Waals surface area contributed by atoms with Crippen molar-refractivity contribution in [1.29, 1.82) is 0 Å². The predicted molar refractivity (Wildman–Crippen MR) is 131 cm³/mol. The number of aromatic hydroxyl groups is 1. The molecule has 0 saturated carbocycles. The Kier molecular flexibility index (Phi) is 5.64. The smallest absolute Gasteiger partial charge is 0.255 e. The number of ketones is 2. The Labute approximate surface area is 222 Å². The zero-order valence-corrected chi connectivity index (χ0v) is 21.0. The first-order valence-corrected chi connectivity index (χ1v) is 13.0. The molecular weight excluding hydrogens is 513 g/mol. The second kappa shape index (κ2) is 8.62. The Hall–Kier alpha value is -3.77. The van der Waals surface area contributed by atoms with E-state index in [0.717, 1.165) is 25.9 Å². The number of carbonyl (C=O) groups excluding carboxylic acids is 4. The van der Waals surface area contributed by atoms with Crippen LogP contribution in [-0.2, 0) is 33.9 Å². The van der Waals surface area contributed by atoms with Crippen molar-refractivity contribution >= 4 is 23.4 Å². The Morgan fingerprint density at radius 1 is 1.03 bits per heavy atom. The lowest BCUT2D eigenvalue weighted by atomic mass is 9.60. The van der Waals surface area contributed by atoms with Gasteiger partial charge >= 0.3 is 0 Å². The summed E-state index contributed by atoms with van der Waals surface area (Å²) in [7, 11) is 0. The summed E-state index contributed by atoms with van der Waals surface area (Å²) in [6.07, 6.45) is 1.44. The fraction of sp³-hybridized carbons (Fsp3) is 0.481. The van der Waals surface area contributed by atoms with Gasteiger partial charge in [-0.25, -0.2) is 4.39 Å². The van der Waals surface area contributed by atoms with Gasteiger partial charge < -0.3 is 31.1 Å². The monoisotopic (exact) mass is 541 g/mol. The van der Waals surface area contributed by atoms with Gasteiger partial charge in [-0.1, -0.05) is 0 Å². The van der Waals surface area contributed by atoms with Crippen LogP contribution < -0.4 is 5.73 Å². The average Bonchev–Trinajstić information content (AvgIpc) is 3.55. The van der Waals surface area contributed by atoms with Crippen molar-refractivity contribution < 1.29 is 44.0 Å². The number of phenolic OH excluding ortho intramolecular Hbond substituents is 1. The summed E-state index contributed by atoms with van der Waals surface area (Å²) in [6, 6.07) is 0. The van der Waals surface area contributed by atoms with Crippen LogP contribution in [0.2, 0.25) is 0 Å². The summed E-state index contributed by atoms with van der Waals surface area (Å²) in [6.45, 7) is 1.65. The molecule has 5 aliphatic rings. The van der Waals surface area contributed by atoms with Crippen LogP contribution in [0.3, 0.4) is 0 Å². The number of aliphatic hydroxyl groups excluding tert-OH is 2. The zero-order valence-electron chi connectivity index (χ0n) is 21.0. The van der Waals surface area contributed by atoms with E-state index in [-0.39, 0.29) is 72.6 Å². The first-order valence-electron chi connectivity index (χ1n) is 13.0. The van der Waals surface area contributed by atoms with Crippen LogP contribution in [0.15, 0.2) is 22.7 Å². The molecule has 39 heavy (non-hydrogen) atoms. The van der Waals surface area contributed by atoms with Crippen LogP contribution in [0, 0.1) is 17.7 Å². The lowest BCUT2D eigenvalue weighted by molar-refractivity contribution is -0.144. The third-order valence-corrected chi connectivity index (χ3v) is 8.98. The quantitative estimate of drug-likeness (QED) is 0.343. The number of phenols is 1. The minimum atomic E-state index is -2.68. The Morgan fingerprint density at radius 2 is 1.69 bits per heavy atom. The number of benzene rings is 1. The molecule has 3 atom stereocenters. The van der Waals surface area contributed by atoms with E-state index in [4.69, 9.17) is 5.73 Å². The number of aliphatic hydroxyl groups is 3. The summed E-state index contributed by atoms with van der Waals surface area (Å²) >= 11 is 0. The number of allylic oxidation sites excluding steroid dienone is 2. The largest absolute Gasteiger partial charge is 0.511 e. The van der Waals surface area contributed by atoms with Gasteiger partial charge in [-0.15, -0.1) is 0 Å². The van der Waals surface area contributed by atoms with Crippen molar-refractivity contribution in [2.45, 2.75) is 50.8 Å². The Balaban J connectivity index is 1.38. The maximum absolute atomic E-state index is 15.9. The molecule has 0 radical (unpaired) electrons. The number of carbonyl (C=O) groups is 4. The summed E-state index contributed by atoms with van der Waals surface area (Å²) in [5, 5.41) is 43.8. The normalized spacial score (nSPS) is 28.4. The number of nitrogens with zero attached hydrogens (tertiary/aromatic N) is 2. The van der Waals surface area contributed by atoms with Gasteiger partial charge in [-0.05, 0) is 44.7 Å². The number of hydrogen-bond acceptors (Lipinski definition) is 9. The lowest BCUT2D eigenvalue weighted by Gasteiger charge is -2.45. The Bertz CT molecular complexity index is 1440. The Morgan fingerprint density at radius 3 is 2.36 bits per heavy atom. The molecule has 0 aromatic heterocycles. The highest BCUT2D eigenvalue weighted by Crippen LogP contribution is 2.52. The molecule has 2 amide bonds. The van der Waals surface area contributed by atoms with Crippen molar-refractivity contribution in [1.82, 2.24) is 9.80 Å². The number of nitrogens with two attached hydrogens (primary N) is 1. The van der Waals surface area contributed by atoms with E-state index in [1.54, 1.807) is 0 Å². The molecule has 3 aliphatic carbocycles. The van der Waals surface area contributed by atoms with Crippen molar-refractivity contribution in [3.05, 3.63) is 50.7 Å². The molecule has 1 aromatic rings. The maximum Gasteiger partial charge on any atom is 0.255 e. The van der Waals surface area contributed by atoms with E-state index >= 15 is 4.39 Å². The molecule has 6 N–H and O–H groups in total. The minimum Gasteiger partial charge on any atom is -0.511 e. The topological polar surface area (TPSA) is 182 Å². The van der Waals surface area contributed by atoms with E-state index < -0.39 is 63.6 Å². The van der Waals surface area contributed by atoms with E-state index in [2.05, 4.69) is 0 Å². The van der Waals surface area contributed by atoms with E-state index in [1.165, 1.54) is 4.90 Å². The number of fused-ring (bicyclic) bond motifs is 4. The van der Waals surface area contributed by atoms with Gasteiger partial charge in [-0.2, -0.15) is 0 Å². The minimum absolute atomic E-state index is 0.0487. The van der Waals surface area contributed by atoms with Crippen LogP contribution in [-0.4, -0.2) is 78.8 Å². The molecule has 0 bridgehead atoms. The van der Waals surface area contributed by atoms with Crippen LogP contribution in [0.1, 0.15) is 52.7 Å². The zero-order chi connectivity index (χ0) is 28.0. The van der Waals surface area contributed by atoms with Gasteiger partial charge in [0.1, 0.15) is 28.7 Å². The second-order valence-corrected chi connectivity index (χ2v) is 11.1. The van der Waals surface area contributed by atoms with Gasteiger partial charge in [0.15, 0.2) is 11.4 Å². The summed E-state index contributed by atoms with van der Waals surface area (Å²) in [5.74, 6) is -8.51. The molecule has 1 saturated heterocycles. The molecule has 1 unspecified atom stereocenters. The number of Topliss-reactive ketones (excluding diaryl/α,β-unsaturated/α-hetero) is 2. The van der Waals surface area contributed by atoms with Crippen LogP contribution in [0.25, 0.3) is 0 Å². The SMILES string of the molecule is NC(=O)C1=C(O)C[C@@H]2CC3Cc4c(F)c5c(c(O)c4C(=O)C3=C(O)[C@]2(O)C1=O)CN(C(=O)CN1CCCC1)C5. The number of amides is 2. The highest BCUT2D eigenvalue weighted by atomic mass is 19.1. The molecule has 2 aliphatic heterocycles. The fourth-order valence-corrected chi connectivity index (χ4v) is 7.00. The van der Waals surface area contributed by atoms with Crippen molar-refractivity contribution in [3.63, 3.8) is 0 Å². The maximum atomic E-state index is 15.9. The molecule has 6 rings (SSSR count). The van der Waals surface area contributed by atoms with E-state index in [0.29, 0.717) is 0 Å². The van der Waals surface area contributed by atoms with Gasteiger partial charge in [0.25, 0.3) is 5.91 Å². The van der Waals surface area contributed by atoms with E-state index in [1.807, 2.05) is 4.90 Å². The number of hydrogen-bond donors (Lipinski definition) is 5. The fourth-order valence-electron chi connectivity index (χ4n) is 7.00. The molecule has 1 fully saturated rings.